The van der Waals surface area contributed by atoms with E-state index in [1.54, 1.807) is 12.3 Å². The third kappa shape index (κ3) is 4.00. The van der Waals surface area contributed by atoms with E-state index in [4.69, 9.17) is 0 Å². The Morgan fingerprint density at radius 2 is 2.29 bits per heavy atom. The second kappa shape index (κ2) is 6.81. The number of aldehydes is 1. The van der Waals surface area contributed by atoms with E-state index in [-0.39, 0.29) is 0 Å². The maximum Gasteiger partial charge on any atom is 0.142 e. The molecule has 2 N–H and O–H groups in total. The third-order valence-electron chi connectivity index (χ3n) is 2.43. The van der Waals surface area contributed by atoms with Gasteiger partial charge in [0, 0.05) is 6.20 Å². The van der Waals surface area contributed by atoms with Crippen LogP contribution in [0.4, 0.5) is 5.82 Å². The summed E-state index contributed by atoms with van der Waals surface area (Å²) >= 11 is 0. The van der Waals surface area contributed by atoms with Crippen LogP contribution in [-0.4, -0.2) is 22.6 Å². The standard InChI is InChI=1S/C13H18N2O2/c1-3-11-8-10(6-5-7-16)9-14-13(11)15-12(17)4-2/h5-9,12,17H,3-4H2,1-2H3,(H,14,15)/b6-5+. The Morgan fingerprint density at radius 1 is 1.53 bits per heavy atom. The molecule has 0 saturated carbocycles. The SMILES string of the molecule is CCc1cc(/C=C/C=O)cnc1NC(O)CC. The summed E-state index contributed by atoms with van der Waals surface area (Å²) in [5, 5.41) is 12.5. The summed E-state index contributed by atoms with van der Waals surface area (Å²) in [7, 11) is 0. The molecular formula is C13H18N2O2. The number of nitrogens with one attached hydrogen (secondary N) is 1. The molecule has 1 aromatic rings. The van der Waals surface area contributed by atoms with Gasteiger partial charge < -0.3 is 10.4 Å². The number of aliphatic hydroxyl groups excluding tert-OH is 1. The van der Waals surface area contributed by atoms with Gasteiger partial charge >= 0.3 is 0 Å². The van der Waals surface area contributed by atoms with Crippen molar-refractivity contribution in [1.82, 2.24) is 4.98 Å². The van der Waals surface area contributed by atoms with Crippen molar-refractivity contribution in [2.45, 2.75) is 32.9 Å². The number of pyridine rings is 1. The van der Waals surface area contributed by atoms with Crippen LogP contribution < -0.4 is 5.32 Å². The highest BCUT2D eigenvalue weighted by molar-refractivity contribution is 5.74. The lowest BCUT2D eigenvalue weighted by molar-refractivity contribution is -0.104. The molecule has 1 aromatic heterocycles. The van der Waals surface area contributed by atoms with Gasteiger partial charge in [0.15, 0.2) is 0 Å². The van der Waals surface area contributed by atoms with E-state index in [0.29, 0.717) is 12.2 Å². The summed E-state index contributed by atoms with van der Waals surface area (Å²) < 4.78 is 0. The molecule has 0 fully saturated rings. The second-order valence-electron chi connectivity index (χ2n) is 3.69. The Morgan fingerprint density at radius 3 is 2.88 bits per heavy atom. The molecule has 0 aliphatic heterocycles. The summed E-state index contributed by atoms with van der Waals surface area (Å²) in [6.07, 6.45) is 6.40. The Labute approximate surface area is 101 Å². The number of aryl methyl sites for hydroxylation is 1. The molecule has 1 heterocycles. The van der Waals surface area contributed by atoms with Gasteiger partial charge in [-0.05, 0) is 36.1 Å². The van der Waals surface area contributed by atoms with Gasteiger partial charge in [-0.15, -0.1) is 0 Å². The van der Waals surface area contributed by atoms with E-state index in [1.165, 1.54) is 6.08 Å². The fourth-order valence-electron chi connectivity index (χ4n) is 1.43. The number of anilines is 1. The number of carbonyl (C=O) groups is 1. The van der Waals surface area contributed by atoms with Crippen molar-refractivity contribution in [2.75, 3.05) is 5.32 Å². The van der Waals surface area contributed by atoms with E-state index >= 15 is 0 Å². The van der Waals surface area contributed by atoms with Crippen molar-refractivity contribution in [2.24, 2.45) is 0 Å². The molecule has 0 aromatic carbocycles. The molecule has 17 heavy (non-hydrogen) atoms. The lowest BCUT2D eigenvalue weighted by Crippen LogP contribution is -2.19. The van der Waals surface area contributed by atoms with E-state index in [2.05, 4.69) is 10.3 Å². The van der Waals surface area contributed by atoms with Crippen LogP contribution in [0, 0.1) is 0 Å². The minimum atomic E-state index is -0.579. The van der Waals surface area contributed by atoms with E-state index < -0.39 is 6.23 Å². The molecule has 0 spiro atoms. The highest BCUT2D eigenvalue weighted by Crippen LogP contribution is 2.16. The van der Waals surface area contributed by atoms with Gasteiger partial charge in [0.2, 0.25) is 0 Å². The zero-order valence-corrected chi connectivity index (χ0v) is 10.2. The van der Waals surface area contributed by atoms with Crippen LogP contribution in [0.5, 0.6) is 0 Å². The number of allylic oxidation sites excluding steroid dienone is 1. The number of hydrogen-bond donors (Lipinski definition) is 2. The van der Waals surface area contributed by atoms with Crippen LogP contribution in [0.2, 0.25) is 0 Å². The topological polar surface area (TPSA) is 62.2 Å². The Bertz CT molecular complexity index is 402. The fourth-order valence-corrected chi connectivity index (χ4v) is 1.43. The molecule has 0 amide bonds. The maximum atomic E-state index is 10.2. The fraction of sp³-hybridized carbons (Fsp3) is 0.385. The van der Waals surface area contributed by atoms with Crippen LogP contribution in [0.3, 0.4) is 0 Å². The Kier molecular flexibility index (Phi) is 5.36. The van der Waals surface area contributed by atoms with Crippen LogP contribution >= 0.6 is 0 Å². The molecule has 4 heteroatoms. The highest BCUT2D eigenvalue weighted by atomic mass is 16.3. The van der Waals surface area contributed by atoms with Gasteiger partial charge in [0.05, 0.1) is 0 Å². The Hall–Kier alpha value is -1.68. The van der Waals surface area contributed by atoms with Gasteiger partial charge in [-0.3, -0.25) is 4.79 Å². The largest absolute Gasteiger partial charge is 0.374 e. The molecule has 4 nitrogen and oxygen atoms in total. The molecule has 1 rings (SSSR count). The zero-order valence-electron chi connectivity index (χ0n) is 10.2. The first-order valence-corrected chi connectivity index (χ1v) is 5.76. The normalized spacial score (nSPS) is 12.6. The van der Waals surface area contributed by atoms with Crippen LogP contribution in [-0.2, 0) is 11.2 Å². The van der Waals surface area contributed by atoms with E-state index in [0.717, 1.165) is 23.8 Å². The number of hydrogen-bond acceptors (Lipinski definition) is 4. The smallest absolute Gasteiger partial charge is 0.142 e. The first-order valence-electron chi connectivity index (χ1n) is 5.76. The molecular weight excluding hydrogens is 216 g/mol. The molecule has 1 atom stereocenters. The van der Waals surface area contributed by atoms with Gasteiger partial charge in [-0.2, -0.15) is 0 Å². The van der Waals surface area contributed by atoms with Crippen LogP contribution in [0.1, 0.15) is 31.4 Å². The summed E-state index contributed by atoms with van der Waals surface area (Å²) in [5.74, 6) is 0.699. The number of aliphatic hydroxyl groups is 1. The molecule has 0 aliphatic rings. The summed E-state index contributed by atoms with van der Waals surface area (Å²) in [4.78, 5) is 14.5. The van der Waals surface area contributed by atoms with Crippen molar-refractivity contribution in [3.8, 4) is 0 Å². The van der Waals surface area contributed by atoms with Crippen molar-refractivity contribution in [3.63, 3.8) is 0 Å². The Balaban J connectivity index is 2.92. The third-order valence-corrected chi connectivity index (χ3v) is 2.43. The molecule has 1 unspecified atom stereocenters. The lowest BCUT2D eigenvalue weighted by atomic mass is 10.1. The zero-order chi connectivity index (χ0) is 12.7. The summed E-state index contributed by atoms with van der Waals surface area (Å²) in [6.45, 7) is 3.91. The predicted molar refractivity (Wildman–Crippen MR) is 68.6 cm³/mol. The molecule has 0 aliphatic carbocycles. The summed E-state index contributed by atoms with van der Waals surface area (Å²) in [6, 6.07) is 1.96. The van der Waals surface area contributed by atoms with Gasteiger partial charge in [0.25, 0.3) is 0 Å². The molecule has 0 radical (unpaired) electrons. The first-order chi connectivity index (χ1) is 8.21. The minimum Gasteiger partial charge on any atom is -0.374 e. The first kappa shape index (κ1) is 13.4. The minimum absolute atomic E-state index is 0.579. The van der Waals surface area contributed by atoms with Crippen molar-refractivity contribution in [1.29, 1.82) is 0 Å². The predicted octanol–water partition coefficient (Wildman–Crippen LogP) is 2.00. The number of nitrogens with zero attached hydrogens (tertiary/aromatic N) is 1. The van der Waals surface area contributed by atoms with Gasteiger partial charge in [-0.1, -0.05) is 19.9 Å². The second-order valence-corrected chi connectivity index (χ2v) is 3.69. The average Bonchev–Trinajstić information content (AvgIpc) is 2.37. The monoisotopic (exact) mass is 234 g/mol. The van der Waals surface area contributed by atoms with Crippen molar-refractivity contribution in [3.05, 3.63) is 29.5 Å². The summed E-state index contributed by atoms with van der Waals surface area (Å²) in [5.41, 5.74) is 1.90. The number of carbonyl (C=O) groups excluding carboxylic acids is 1. The van der Waals surface area contributed by atoms with Gasteiger partial charge in [0.1, 0.15) is 18.3 Å². The molecule has 0 saturated heterocycles. The number of aromatic nitrogens is 1. The van der Waals surface area contributed by atoms with E-state index in [1.807, 2.05) is 19.9 Å². The van der Waals surface area contributed by atoms with Gasteiger partial charge in [-0.25, -0.2) is 4.98 Å². The van der Waals surface area contributed by atoms with Crippen LogP contribution in [0.25, 0.3) is 6.08 Å². The lowest BCUT2D eigenvalue weighted by Gasteiger charge is -2.14. The molecule has 0 bridgehead atoms. The molecule has 92 valence electrons. The van der Waals surface area contributed by atoms with E-state index in [9.17, 15) is 9.90 Å². The quantitative estimate of drug-likeness (QED) is 0.449. The average molecular weight is 234 g/mol. The highest BCUT2D eigenvalue weighted by Gasteiger charge is 2.06. The van der Waals surface area contributed by atoms with Crippen LogP contribution in [0.15, 0.2) is 18.3 Å². The number of rotatable bonds is 6. The maximum absolute atomic E-state index is 10.2. The van der Waals surface area contributed by atoms with Crippen molar-refractivity contribution < 1.29 is 9.90 Å². The van der Waals surface area contributed by atoms with Crippen molar-refractivity contribution >= 4 is 18.2 Å².